The summed E-state index contributed by atoms with van der Waals surface area (Å²) in [6, 6.07) is 0. The van der Waals surface area contributed by atoms with Gasteiger partial charge in [-0.15, -0.1) is 0 Å². The minimum Gasteiger partial charge on any atom is -0.449 e. The molecule has 7 nitrogen and oxygen atoms in total. The minimum atomic E-state index is -3.94. The van der Waals surface area contributed by atoms with Crippen molar-refractivity contribution in [3.05, 3.63) is 0 Å². The summed E-state index contributed by atoms with van der Waals surface area (Å²) in [5, 5.41) is 0. The summed E-state index contributed by atoms with van der Waals surface area (Å²) >= 11 is 4.53. The van der Waals surface area contributed by atoms with Gasteiger partial charge in [-0.2, -0.15) is 12.7 Å². The molecule has 0 radical (unpaired) electrons. The van der Waals surface area contributed by atoms with E-state index < -0.39 is 16.3 Å². The highest BCUT2D eigenvalue weighted by atomic mass is 32.2. The van der Waals surface area contributed by atoms with Crippen LogP contribution in [0.25, 0.3) is 0 Å². The Labute approximate surface area is 93.7 Å². The molecule has 88 valence electrons. The molecule has 0 aromatic carbocycles. The van der Waals surface area contributed by atoms with Crippen LogP contribution in [0.2, 0.25) is 0 Å². The lowest BCUT2D eigenvalue weighted by Gasteiger charge is -2.16. The first kappa shape index (κ1) is 14.1. The van der Waals surface area contributed by atoms with Crippen molar-refractivity contribution in [2.75, 3.05) is 20.2 Å². The average Bonchev–Trinajstić information content (AvgIpc) is 2.01. The van der Waals surface area contributed by atoms with Crippen molar-refractivity contribution in [1.82, 2.24) is 9.03 Å². The van der Waals surface area contributed by atoms with Crippen molar-refractivity contribution in [3.63, 3.8) is 0 Å². The molecule has 0 saturated heterocycles. The first-order chi connectivity index (χ1) is 6.79. The molecule has 0 heterocycles. The average molecular weight is 255 g/mol. The minimum absolute atomic E-state index is 0.00624. The highest BCUT2D eigenvalue weighted by molar-refractivity contribution is 7.87. The fourth-order valence-corrected chi connectivity index (χ4v) is 1.66. The highest BCUT2D eigenvalue weighted by Crippen LogP contribution is 1.94. The maximum absolute atomic E-state index is 11.4. The molecule has 15 heavy (non-hydrogen) atoms. The van der Waals surface area contributed by atoms with Gasteiger partial charge in [0.05, 0.1) is 18.1 Å². The SMILES string of the molecule is CCOC(=O)NS(=O)(=O)N(C)CC(N)=S. The van der Waals surface area contributed by atoms with Crippen LogP contribution >= 0.6 is 12.2 Å². The third-order valence-electron chi connectivity index (χ3n) is 1.28. The van der Waals surface area contributed by atoms with E-state index in [1.807, 2.05) is 0 Å². The van der Waals surface area contributed by atoms with Crippen LogP contribution in [0.5, 0.6) is 0 Å². The van der Waals surface area contributed by atoms with Gasteiger partial charge in [-0.1, -0.05) is 12.2 Å². The number of hydrogen-bond acceptors (Lipinski definition) is 5. The Bertz CT molecular complexity index is 340. The van der Waals surface area contributed by atoms with Gasteiger partial charge in [-0.3, -0.25) is 0 Å². The zero-order valence-corrected chi connectivity index (χ0v) is 10.0. The molecule has 0 aromatic heterocycles. The van der Waals surface area contributed by atoms with Crippen LogP contribution in [0, 0.1) is 0 Å². The summed E-state index contributed by atoms with van der Waals surface area (Å²) in [6.45, 7) is 1.50. The van der Waals surface area contributed by atoms with Gasteiger partial charge in [0.15, 0.2) is 0 Å². The Morgan fingerprint density at radius 2 is 2.13 bits per heavy atom. The summed E-state index contributed by atoms with van der Waals surface area (Å²) in [5.74, 6) is 0. The van der Waals surface area contributed by atoms with E-state index in [0.29, 0.717) is 0 Å². The number of carbonyl (C=O) groups excluding carboxylic acids is 1. The first-order valence-electron chi connectivity index (χ1n) is 3.98. The zero-order valence-electron chi connectivity index (χ0n) is 8.39. The molecule has 9 heteroatoms. The molecule has 0 bridgehead atoms. The van der Waals surface area contributed by atoms with E-state index in [-0.39, 0.29) is 18.1 Å². The van der Waals surface area contributed by atoms with Gasteiger partial charge in [0, 0.05) is 7.05 Å². The second-order valence-corrected chi connectivity index (χ2v) is 4.85. The van der Waals surface area contributed by atoms with Crippen LogP contribution < -0.4 is 10.5 Å². The summed E-state index contributed by atoms with van der Waals surface area (Å²) in [5.41, 5.74) is 5.16. The van der Waals surface area contributed by atoms with Crippen LogP contribution in [-0.4, -0.2) is 44.0 Å². The summed E-state index contributed by atoms with van der Waals surface area (Å²) < 4.78 is 29.6. The van der Waals surface area contributed by atoms with Gasteiger partial charge in [0.1, 0.15) is 0 Å². The number of rotatable bonds is 5. The number of nitrogens with zero attached hydrogens (tertiary/aromatic N) is 1. The fraction of sp³-hybridized carbons (Fsp3) is 0.667. The van der Waals surface area contributed by atoms with Crippen molar-refractivity contribution >= 4 is 33.5 Å². The van der Waals surface area contributed by atoms with Gasteiger partial charge in [-0.25, -0.2) is 9.52 Å². The van der Waals surface area contributed by atoms with E-state index in [0.717, 1.165) is 4.31 Å². The lowest BCUT2D eigenvalue weighted by molar-refractivity contribution is 0.158. The lowest BCUT2D eigenvalue weighted by atomic mass is 10.7. The number of likely N-dealkylation sites (N-methyl/N-ethyl adjacent to an activating group) is 1. The monoisotopic (exact) mass is 255 g/mol. The van der Waals surface area contributed by atoms with Crippen LogP contribution in [0.1, 0.15) is 6.92 Å². The molecule has 0 fully saturated rings. The van der Waals surface area contributed by atoms with Gasteiger partial charge in [-0.05, 0) is 6.92 Å². The van der Waals surface area contributed by atoms with Gasteiger partial charge in [0.2, 0.25) is 0 Å². The van der Waals surface area contributed by atoms with Crippen molar-refractivity contribution < 1.29 is 17.9 Å². The Morgan fingerprint density at radius 1 is 1.60 bits per heavy atom. The normalized spacial score (nSPS) is 11.1. The number of nitrogens with two attached hydrogens (primary N) is 1. The summed E-state index contributed by atoms with van der Waals surface area (Å²) in [7, 11) is -2.70. The van der Waals surface area contributed by atoms with Crippen LogP contribution in [-0.2, 0) is 14.9 Å². The number of amides is 1. The van der Waals surface area contributed by atoms with Crippen molar-refractivity contribution in [2.24, 2.45) is 5.73 Å². The first-order valence-corrected chi connectivity index (χ1v) is 5.83. The van der Waals surface area contributed by atoms with E-state index in [1.165, 1.54) is 7.05 Å². The molecule has 0 aliphatic rings. The predicted octanol–water partition coefficient (Wildman–Crippen LogP) is -0.805. The van der Waals surface area contributed by atoms with Gasteiger partial charge >= 0.3 is 16.3 Å². The smallest absolute Gasteiger partial charge is 0.421 e. The van der Waals surface area contributed by atoms with Crippen molar-refractivity contribution in [3.8, 4) is 0 Å². The summed E-state index contributed by atoms with van der Waals surface area (Å²) in [6.07, 6.45) is -1.03. The molecule has 1 amide bonds. The fourth-order valence-electron chi connectivity index (χ4n) is 0.648. The largest absolute Gasteiger partial charge is 0.449 e. The van der Waals surface area contributed by atoms with E-state index in [9.17, 15) is 13.2 Å². The van der Waals surface area contributed by atoms with E-state index in [1.54, 1.807) is 11.6 Å². The standard InChI is InChI=1S/C6H13N3O4S2/c1-3-13-6(10)8-15(11,12)9(2)4-5(7)14/h3-4H2,1-2H3,(H2,7,14)(H,8,10). The molecule has 0 aromatic rings. The topological polar surface area (TPSA) is 102 Å². The molecule has 0 atom stereocenters. The predicted molar refractivity (Wildman–Crippen MR) is 58.5 cm³/mol. The zero-order chi connectivity index (χ0) is 12.1. The van der Waals surface area contributed by atoms with E-state index in [2.05, 4.69) is 17.0 Å². The second-order valence-electron chi connectivity index (χ2n) is 2.55. The molecule has 0 spiro atoms. The molecule has 0 aliphatic carbocycles. The third kappa shape index (κ3) is 5.50. The Morgan fingerprint density at radius 3 is 2.53 bits per heavy atom. The van der Waals surface area contributed by atoms with Crippen LogP contribution in [0.3, 0.4) is 0 Å². The van der Waals surface area contributed by atoms with Crippen molar-refractivity contribution in [2.45, 2.75) is 6.92 Å². The number of carbonyl (C=O) groups is 1. The van der Waals surface area contributed by atoms with Crippen LogP contribution in [0.4, 0.5) is 4.79 Å². The number of nitrogens with one attached hydrogen (secondary N) is 1. The maximum atomic E-state index is 11.4. The Hall–Kier alpha value is -0.930. The molecule has 0 aliphatic heterocycles. The third-order valence-corrected chi connectivity index (χ3v) is 2.78. The Balaban J connectivity index is 4.41. The van der Waals surface area contributed by atoms with E-state index >= 15 is 0 Å². The molecular weight excluding hydrogens is 242 g/mol. The number of hydrogen-bond donors (Lipinski definition) is 2. The second kappa shape index (κ2) is 5.83. The van der Waals surface area contributed by atoms with E-state index in [4.69, 9.17) is 5.73 Å². The van der Waals surface area contributed by atoms with Gasteiger partial charge in [0.25, 0.3) is 0 Å². The maximum Gasteiger partial charge on any atom is 0.421 e. The molecule has 0 rings (SSSR count). The summed E-state index contributed by atoms with van der Waals surface area (Å²) in [4.78, 5) is 10.9. The highest BCUT2D eigenvalue weighted by Gasteiger charge is 2.21. The lowest BCUT2D eigenvalue weighted by Crippen LogP contribution is -2.44. The Kier molecular flexibility index (Phi) is 5.47. The number of thiocarbonyl (C=S) groups is 1. The molecule has 3 N–H and O–H groups in total. The van der Waals surface area contributed by atoms with Crippen molar-refractivity contribution in [1.29, 1.82) is 0 Å². The van der Waals surface area contributed by atoms with Crippen LogP contribution in [0.15, 0.2) is 0 Å². The molecule has 0 unspecified atom stereocenters. The molecule has 0 saturated carbocycles. The molecular formula is C6H13N3O4S2. The van der Waals surface area contributed by atoms with Gasteiger partial charge < -0.3 is 10.5 Å². The quantitative estimate of drug-likeness (QED) is 0.623. The number of ether oxygens (including phenoxy) is 1.